The predicted molar refractivity (Wildman–Crippen MR) is 62.4 cm³/mol. The highest BCUT2D eigenvalue weighted by Gasteiger charge is 2.28. The predicted octanol–water partition coefficient (Wildman–Crippen LogP) is 1.51. The fourth-order valence-electron chi connectivity index (χ4n) is 1.92. The number of rotatable bonds is 4. The highest BCUT2D eigenvalue weighted by atomic mass is 19.1. The molecule has 1 fully saturated rings. The summed E-state index contributed by atoms with van der Waals surface area (Å²) < 4.78 is 18.4. The van der Waals surface area contributed by atoms with E-state index in [2.05, 4.69) is 5.32 Å². The van der Waals surface area contributed by atoms with Gasteiger partial charge >= 0.3 is 0 Å². The lowest BCUT2D eigenvalue weighted by Gasteiger charge is -2.35. The molecule has 0 bridgehead atoms. The van der Waals surface area contributed by atoms with Gasteiger partial charge in [-0.25, -0.2) is 4.39 Å². The van der Waals surface area contributed by atoms with E-state index in [1.54, 1.807) is 13.2 Å². The molecule has 1 aromatic carbocycles. The molecule has 5 heteroatoms. The van der Waals surface area contributed by atoms with Gasteiger partial charge in [0, 0.05) is 18.8 Å². The largest absolute Gasteiger partial charge is 0.382 e. The summed E-state index contributed by atoms with van der Waals surface area (Å²) in [7, 11) is 1.68. The molecule has 92 valence electrons. The average molecular weight is 238 g/mol. The van der Waals surface area contributed by atoms with Gasteiger partial charge in [0.05, 0.1) is 11.7 Å². The minimum absolute atomic E-state index is 0.0855. The Bertz CT molecular complexity index is 431. The van der Waals surface area contributed by atoms with Gasteiger partial charge in [-0.3, -0.25) is 4.79 Å². The molecule has 17 heavy (non-hydrogen) atoms. The van der Waals surface area contributed by atoms with E-state index in [9.17, 15) is 9.18 Å². The van der Waals surface area contributed by atoms with Crippen molar-refractivity contribution in [2.75, 3.05) is 12.4 Å². The van der Waals surface area contributed by atoms with Crippen LogP contribution in [0, 0.1) is 5.82 Å². The van der Waals surface area contributed by atoms with Gasteiger partial charge in [0.25, 0.3) is 5.91 Å². The second-order valence-electron chi connectivity index (χ2n) is 4.23. The number of primary amides is 1. The van der Waals surface area contributed by atoms with E-state index in [1.165, 1.54) is 12.1 Å². The van der Waals surface area contributed by atoms with Crippen LogP contribution >= 0.6 is 0 Å². The molecule has 1 aromatic rings. The summed E-state index contributed by atoms with van der Waals surface area (Å²) in [6.07, 6.45) is 2.13. The Morgan fingerprint density at radius 2 is 2.24 bits per heavy atom. The number of methoxy groups -OCH3 is 1. The molecule has 1 aliphatic carbocycles. The molecule has 4 nitrogen and oxygen atoms in total. The van der Waals surface area contributed by atoms with Crippen LogP contribution in [0.4, 0.5) is 10.1 Å². The van der Waals surface area contributed by atoms with Gasteiger partial charge < -0.3 is 15.8 Å². The Labute approximate surface area is 98.9 Å². The Morgan fingerprint density at radius 1 is 1.53 bits per heavy atom. The Hall–Kier alpha value is -1.62. The van der Waals surface area contributed by atoms with E-state index in [1.807, 2.05) is 0 Å². The zero-order valence-electron chi connectivity index (χ0n) is 9.57. The van der Waals surface area contributed by atoms with Gasteiger partial charge in [-0.05, 0) is 31.0 Å². The molecular formula is C12H15FN2O2. The third kappa shape index (κ3) is 2.55. The summed E-state index contributed by atoms with van der Waals surface area (Å²) in [6, 6.07) is 4.60. The van der Waals surface area contributed by atoms with Crippen LogP contribution in [0.1, 0.15) is 23.2 Å². The number of hydrogen-bond acceptors (Lipinski definition) is 3. The summed E-state index contributed by atoms with van der Waals surface area (Å²) in [6.45, 7) is 0. The van der Waals surface area contributed by atoms with Crippen molar-refractivity contribution in [2.45, 2.75) is 25.0 Å². The number of nitrogens with one attached hydrogen (secondary N) is 1. The van der Waals surface area contributed by atoms with Crippen LogP contribution in [0.15, 0.2) is 18.2 Å². The minimum atomic E-state index is -0.755. The second-order valence-corrected chi connectivity index (χ2v) is 4.23. The fraction of sp³-hybridized carbons (Fsp3) is 0.417. The first kappa shape index (κ1) is 11.9. The van der Waals surface area contributed by atoms with E-state index in [0.29, 0.717) is 17.8 Å². The lowest BCUT2D eigenvalue weighted by molar-refractivity contribution is 0.0328. The molecule has 0 unspecified atom stereocenters. The van der Waals surface area contributed by atoms with Crippen LogP contribution in [-0.4, -0.2) is 25.2 Å². The first-order chi connectivity index (χ1) is 8.10. The quantitative estimate of drug-likeness (QED) is 0.835. The number of hydrogen-bond donors (Lipinski definition) is 2. The van der Waals surface area contributed by atoms with Gasteiger partial charge in [0.2, 0.25) is 0 Å². The normalized spacial score (nSPS) is 22.9. The van der Waals surface area contributed by atoms with E-state index < -0.39 is 11.7 Å². The van der Waals surface area contributed by atoms with Crippen molar-refractivity contribution < 1.29 is 13.9 Å². The molecule has 0 atom stereocenters. The van der Waals surface area contributed by atoms with Gasteiger partial charge in [-0.1, -0.05) is 0 Å². The van der Waals surface area contributed by atoms with Crippen LogP contribution in [0.5, 0.6) is 0 Å². The molecule has 0 radical (unpaired) electrons. The summed E-state index contributed by atoms with van der Waals surface area (Å²) in [5.74, 6) is -1.35. The second kappa shape index (κ2) is 4.71. The van der Waals surface area contributed by atoms with E-state index in [-0.39, 0.29) is 5.56 Å². The first-order valence-electron chi connectivity index (χ1n) is 5.49. The lowest BCUT2D eigenvalue weighted by Crippen LogP contribution is -2.40. The molecule has 1 amide bonds. The van der Waals surface area contributed by atoms with Crippen molar-refractivity contribution >= 4 is 11.6 Å². The molecular weight excluding hydrogens is 223 g/mol. The van der Waals surface area contributed by atoms with Gasteiger partial charge in [-0.15, -0.1) is 0 Å². The van der Waals surface area contributed by atoms with Crippen molar-refractivity contribution in [1.82, 2.24) is 0 Å². The zero-order valence-corrected chi connectivity index (χ0v) is 9.57. The average Bonchev–Trinajstić information content (AvgIpc) is 2.24. The molecule has 1 aliphatic rings. The van der Waals surface area contributed by atoms with Crippen LogP contribution in [0.25, 0.3) is 0 Å². The number of halogens is 1. The Balaban J connectivity index is 2.02. The number of nitrogens with two attached hydrogens (primary N) is 1. The summed E-state index contributed by atoms with van der Waals surface area (Å²) >= 11 is 0. The molecule has 0 spiro atoms. The standard InChI is InChI=1S/C12H15FN2O2/c1-17-9-4-8(5-9)15-7-2-3-11(13)10(6-7)12(14)16/h2-3,6,8-9,15H,4-5H2,1H3,(H2,14,16). The maximum atomic E-state index is 13.2. The Kier molecular flexibility index (Phi) is 3.28. The number of anilines is 1. The highest BCUT2D eigenvalue weighted by Crippen LogP contribution is 2.26. The molecule has 0 saturated heterocycles. The number of carbonyl (C=O) groups is 1. The molecule has 0 aliphatic heterocycles. The van der Waals surface area contributed by atoms with Crippen LogP contribution in [-0.2, 0) is 4.74 Å². The number of amides is 1. The fourth-order valence-corrected chi connectivity index (χ4v) is 1.92. The molecule has 1 saturated carbocycles. The molecule has 3 N–H and O–H groups in total. The molecule has 0 aromatic heterocycles. The van der Waals surface area contributed by atoms with Gasteiger partial charge in [-0.2, -0.15) is 0 Å². The Morgan fingerprint density at radius 3 is 2.82 bits per heavy atom. The lowest BCUT2D eigenvalue weighted by atomic mass is 9.89. The van der Waals surface area contributed by atoms with Crippen molar-refractivity contribution in [3.05, 3.63) is 29.6 Å². The summed E-state index contributed by atoms with van der Waals surface area (Å²) in [4.78, 5) is 11.0. The van der Waals surface area contributed by atoms with Crippen LogP contribution in [0.2, 0.25) is 0 Å². The van der Waals surface area contributed by atoms with Crippen LogP contribution < -0.4 is 11.1 Å². The van der Waals surface area contributed by atoms with Crippen molar-refractivity contribution in [3.63, 3.8) is 0 Å². The summed E-state index contributed by atoms with van der Waals surface area (Å²) in [5, 5.41) is 3.21. The smallest absolute Gasteiger partial charge is 0.251 e. The van der Waals surface area contributed by atoms with Crippen molar-refractivity contribution in [3.8, 4) is 0 Å². The van der Waals surface area contributed by atoms with E-state index in [4.69, 9.17) is 10.5 Å². The third-order valence-corrected chi connectivity index (χ3v) is 3.03. The molecule has 0 heterocycles. The minimum Gasteiger partial charge on any atom is -0.382 e. The topological polar surface area (TPSA) is 64.3 Å². The third-order valence-electron chi connectivity index (χ3n) is 3.03. The van der Waals surface area contributed by atoms with Gasteiger partial charge in [0.15, 0.2) is 0 Å². The summed E-state index contributed by atoms with van der Waals surface area (Å²) in [5.41, 5.74) is 5.70. The number of benzene rings is 1. The van der Waals surface area contributed by atoms with E-state index >= 15 is 0 Å². The maximum absolute atomic E-state index is 13.2. The van der Waals surface area contributed by atoms with Crippen molar-refractivity contribution in [2.24, 2.45) is 5.73 Å². The maximum Gasteiger partial charge on any atom is 0.251 e. The van der Waals surface area contributed by atoms with E-state index in [0.717, 1.165) is 12.8 Å². The SMILES string of the molecule is COC1CC(Nc2ccc(F)c(C(N)=O)c2)C1. The number of carbonyl (C=O) groups excluding carboxylic acids is 1. The van der Waals surface area contributed by atoms with Crippen molar-refractivity contribution in [1.29, 1.82) is 0 Å². The number of ether oxygens (including phenoxy) is 1. The molecule has 2 rings (SSSR count). The zero-order chi connectivity index (χ0) is 12.4. The first-order valence-corrected chi connectivity index (χ1v) is 5.49. The monoisotopic (exact) mass is 238 g/mol. The van der Waals surface area contributed by atoms with Gasteiger partial charge in [0.1, 0.15) is 5.82 Å². The van der Waals surface area contributed by atoms with Crippen LogP contribution in [0.3, 0.4) is 0 Å². The highest BCUT2D eigenvalue weighted by molar-refractivity contribution is 5.94.